The number of ether oxygens (including phenoxy) is 1. The summed E-state index contributed by atoms with van der Waals surface area (Å²) in [5, 5.41) is 2.93. The Morgan fingerprint density at radius 2 is 1.69 bits per heavy atom. The molecule has 1 amide bonds. The molecule has 2 fully saturated rings. The minimum Gasteiger partial charge on any atom is -0.495 e. The zero-order valence-electron chi connectivity index (χ0n) is 19.5. The summed E-state index contributed by atoms with van der Waals surface area (Å²) in [5.41, 5.74) is 0.346. The van der Waals surface area contributed by atoms with E-state index >= 15 is 0 Å². The first kappa shape index (κ1) is 25.0. The predicted octanol–water partition coefficient (Wildman–Crippen LogP) is 2.02. The van der Waals surface area contributed by atoms with Gasteiger partial charge < -0.3 is 19.9 Å². The maximum absolute atomic E-state index is 13.3. The summed E-state index contributed by atoms with van der Waals surface area (Å²) < 4.78 is 33.4. The fraction of sp³-hybridized carbons (Fsp3) is 0.696. The Morgan fingerprint density at radius 1 is 1.00 bits per heavy atom. The summed E-state index contributed by atoms with van der Waals surface area (Å²) in [5.74, 6) is 0.0255. The van der Waals surface area contributed by atoms with E-state index in [4.69, 9.17) is 4.74 Å². The third-order valence-electron chi connectivity index (χ3n) is 6.39. The van der Waals surface area contributed by atoms with E-state index in [1.807, 2.05) is 0 Å². The molecule has 2 aliphatic heterocycles. The normalized spacial score (nSPS) is 19.4. The number of unbranched alkanes of at least 4 members (excludes halogenated alkanes) is 1. The second kappa shape index (κ2) is 12.0. The van der Waals surface area contributed by atoms with Crippen LogP contribution in [-0.2, 0) is 10.0 Å². The maximum Gasteiger partial charge on any atom is 0.251 e. The van der Waals surface area contributed by atoms with Crippen LogP contribution in [0.2, 0.25) is 0 Å². The third kappa shape index (κ3) is 6.66. The van der Waals surface area contributed by atoms with Crippen LogP contribution in [-0.4, -0.2) is 94.9 Å². The molecule has 1 N–H and O–H groups in total. The summed E-state index contributed by atoms with van der Waals surface area (Å²) in [6, 6.07) is 4.66. The fourth-order valence-electron chi connectivity index (χ4n) is 4.28. The smallest absolute Gasteiger partial charge is 0.251 e. The highest BCUT2D eigenvalue weighted by molar-refractivity contribution is 7.89. The number of hydrogen-bond donors (Lipinski definition) is 1. The zero-order chi connectivity index (χ0) is 23.0. The minimum atomic E-state index is -3.71. The van der Waals surface area contributed by atoms with Crippen molar-refractivity contribution in [2.75, 3.05) is 66.5 Å². The minimum absolute atomic E-state index is 0.0737. The molecule has 3 rings (SSSR count). The number of nitrogens with zero attached hydrogens (tertiary/aromatic N) is 3. The lowest BCUT2D eigenvalue weighted by Crippen LogP contribution is -2.44. The molecule has 180 valence electrons. The summed E-state index contributed by atoms with van der Waals surface area (Å²) in [7, 11) is -0.106. The molecule has 0 radical (unpaired) electrons. The summed E-state index contributed by atoms with van der Waals surface area (Å²) >= 11 is 0. The number of carbonyl (C=O) groups is 1. The average molecular weight is 467 g/mol. The maximum atomic E-state index is 13.3. The van der Waals surface area contributed by atoms with Gasteiger partial charge in [0.1, 0.15) is 10.6 Å². The Morgan fingerprint density at radius 3 is 2.34 bits per heavy atom. The molecule has 9 heteroatoms. The first-order valence-corrected chi connectivity index (χ1v) is 13.2. The van der Waals surface area contributed by atoms with Gasteiger partial charge in [-0.1, -0.05) is 12.8 Å². The first-order valence-electron chi connectivity index (χ1n) is 11.8. The molecule has 0 aromatic heterocycles. The predicted molar refractivity (Wildman–Crippen MR) is 126 cm³/mol. The second-order valence-corrected chi connectivity index (χ2v) is 10.7. The van der Waals surface area contributed by atoms with Crippen molar-refractivity contribution in [3.8, 4) is 5.75 Å². The van der Waals surface area contributed by atoms with Crippen molar-refractivity contribution >= 4 is 15.9 Å². The van der Waals surface area contributed by atoms with Crippen molar-refractivity contribution in [2.45, 2.75) is 43.4 Å². The number of hydrogen-bond acceptors (Lipinski definition) is 6. The SMILES string of the molecule is COc1ccc(C(=O)NCCCCN2CCN(C)CC2)cc1S(=O)(=O)N1CCCCCC1. The highest BCUT2D eigenvalue weighted by Crippen LogP contribution is 2.29. The molecule has 1 aromatic rings. The van der Waals surface area contributed by atoms with Crippen LogP contribution in [0.5, 0.6) is 5.75 Å². The van der Waals surface area contributed by atoms with Gasteiger partial charge in [-0.3, -0.25) is 4.79 Å². The van der Waals surface area contributed by atoms with Gasteiger partial charge in [0.05, 0.1) is 7.11 Å². The Kier molecular flexibility index (Phi) is 9.34. The van der Waals surface area contributed by atoms with Gasteiger partial charge in [-0.05, 0) is 57.5 Å². The lowest BCUT2D eigenvalue weighted by atomic mass is 10.2. The van der Waals surface area contributed by atoms with E-state index in [-0.39, 0.29) is 16.6 Å². The molecule has 2 heterocycles. The van der Waals surface area contributed by atoms with Crippen LogP contribution in [0.3, 0.4) is 0 Å². The second-order valence-electron chi connectivity index (χ2n) is 8.79. The Balaban J connectivity index is 1.56. The van der Waals surface area contributed by atoms with E-state index in [1.54, 1.807) is 12.1 Å². The van der Waals surface area contributed by atoms with Gasteiger partial charge in [-0.25, -0.2) is 8.42 Å². The molecule has 2 saturated heterocycles. The summed E-state index contributed by atoms with van der Waals surface area (Å²) in [6.07, 6.45) is 5.72. The first-order chi connectivity index (χ1) is 15.4. The van der Waals surface area contributed by atoms with Crippen LogP contribution < -0.4 is 10.1 Å². The topological polar surface area (TPSA) is 82.2 Å². The molecule has 8 nitrogen and oxygen atoms in total. The molecule has 2 aliphatic rings. The van der Waals surface area contributed by atoms with Crippen LogP contribution >= 0.6 is 0 Å². The number of benzene rings is 1. The number of likely N-dealkylation sites (N-methyl/N-ethyl adjacent to an activating group) is 1. The van der Waals surface area contributed by atoms with Crippen molar-refractivity contribution in [3.05, 3.63) is 23.8 Å². The largest absolute Gasteiger partial charge is 0.495 e. The average Bonchev–Trinajstić information content (AvgIpc) is 3.10. The molecule has 0 aliphatic carbocycles. The molecule has 0 spiro atoms. The van der Waals surface area contributed by atoms with Gasteiger partial charge in [0.25, 0.3) is 5.91 Å². The van der Waals surface area contributed by atoms with Gasteiger partial charge in [0, 0.05) is 51.4 Å². The van der Waals surface area contributed by atoms with E-state index < -0.39 is 10.0 Å². The molecule has 0 atom stereocenters. The molecule has 1 aromatic carbocycles. The Hall–Kier alpha value is -1.68. The van der Waals surface area contributed by atoms with Crippen LogP contribution in [0.1, 0.15) is 48.9 Å². The van der Waals surface area contributed by atoms with Crippen molar-refractivity contribution in [1.82, 2.24) is 19.4 Å². The number of piperazine rings is 1. The summed E-state index contributed by atoms with van der Waals surface area (Å²) in [6.45, 7) is 7.06. The van der Waals surface area contributed by atoms with Crippen molar-refractivity contribution in [3.63, 3.8) is 0 Å². The molecule has 0 saturated carbocycles. The monoisotopic (exact) mass is 466 g/mol. The van der Waals surface area contributed by atoms with Crippen LogP contribution in [0.25, 0.3) is 0 Å². The number of nitrogens with one attached hydrogen (secondary N) is 1. The molecular formula is C23H38N4O4S. The van der Waals surface area contributed by atoms with E-state index in [2.05, 4.69) is 22.2 Å². The Bertz CT molecular complexity index is 846. The Labute approximate surface area is 192 Å². The van der Waals surface area contributed by atoms with E-state index in [9.17, 15) is 13.2 Å². The van der Waals surface area contributed by atoms with Gasteiger partial charge in [-0.2, -0.15) is 4.31 Å². The highest BCUT2D eigenvalue weighted by Gasteiger charge is 2.29. The highest BCUT2D eigenvalue weighted by atomic mass is 32.2. The molecule has 32 heavy (non-hydrogen) atoms. The van der Waals surface area contributed by atoms with E-state index in [1.165, 1.54) is 17.5 Å². The van der Waals surface area contributed by atoms with Crippen LogP contribution in [0, 0.1) is 0 Å². The number of amides is 1. The van der Waals surface area contributed by atoms with Crippen molar-refractivity contribution in [2.24, 2.45) is 0 Å². The fourth-order valence-corrected chi connectivity index (χ4v) is 5.98. The van der Waals surface area contributed by atoms with Gasteiger partial charge in [0.2, 0.25) is 10.0 Å². The number of rotatable bonds is 9. The number of methoxy groups -OCH3 is 1. The van der Waals surface area contributed by atoms with Crippen molar-refractivity contribution in [1.29, 1.82) is 0 Å². The lowest BCUT2D eigenvalue weighted by molar-refractivity contribution is 0.0951. The standard InChI is InChI=1S/C23H38N4O4S/c1-25-15-17-26(18-16-25)12-8-5-11-24-23(28)20-9-10-21(31-2)22(19-20)32(29,30)27-13-6-3-4-7-14-27/h9-10,19H,3-8,11-18H2,1-2H3,(H,24,28). The molecular weight excluding hydrogens is 428 g/mol. The summed E-state index contributed by atoms with van der Waals surface area (Å²) in [4.78, 5) is 17.6. The van der Waals surface area contributed by atoms with Gasteiger partial charge in [0.15, 0.2) is 0 Å². The van der Waals surface area contributed by atoms with Crippen LogP contribution in [0.15, 0.2) is 23.1 Å². The van der Waals surface area contributed by atoms with E-state index in [0.29, 0.717) is 25.2 Å². The lowest BCUT2D eigenvalue weighted by Gasteiger charge is -2.32. The van der Waals surface area contributed by atoms with E-state index in [0.717, 1.165) is 71.2 Å². The number of carbonyl (C=O) groups excluding carboxylic acids is 1. The van der Waals surface area contributed by atoms with Gasteiger partial charge >= 0.3 is 0 Å². The zero-order valence-corrected chi connectivity index (χ0v) is 20.3. The van der Waals surface area contributed by atoms with Crippen LogP contribution in [0.4, 0.5) is 0 Å². The third-order valence-corrected chi connectivity index (χ3v) is 8.31. The molecule has 0 bridgehead atoms. The number of sulfonamides is 1. The van der Waals surface area contributed by atoms with Crippen molar-refractivity contribution < 1.29 is 17.9 Å². The quantitative estimate of drug-likeness (QED) is 0.561. The molecule has 0 unspecified atom stereocenters. The van der Waals surface area contributed by atoms with Gasteiger partial charge in [-0.15, -0.1) is 0 Å².